The largest absolute Gasteiger partial charge is 0.353 e. The predicted molar refractivity (Wildman–Crippen MR) is 110 cm³/mol. The van der Waals surface area contributed by atoms with Gasteiger partial charge >= 0.3 is 0 Å². The Kier molecular flexibility index (Phi) is 5.90. The van der Waals surface area contributed by atoms with Gasteiger partial charge in [-0.25, -0.2) is 4.39 Å². The Morgan fingerprint density at radius 3 is 2.41 bits per heavy atom. The molecule has 29 heavy (non-hydrogen) atoms. The summed E-state index contributed by atoms with van der Waals surface area (Å²) in [6.07, 6.45) is 2.04. The zero-order chi connectivity index (χ0) is 20.2. The molecule has 1 unspecified atom stereocenters. The highest BCUT2D eigenvalue weighted by Gasteiger charge is 2.36. The predicted octanol–water partition coefficient (Wildman–Crippen LogP) is 2.96. The molecule has 0 bridgehead atoms. The van der Waals surface area contributed by atoms with Crippen molar-refractivity contribution in [2.45, 2.75) is 31.8 Å². The Morgan fingerprint density at radius 1 is 1.03 bits per heavy atom. The molecule has 2 fully saturated rings. The fourth-order valence-corrected chi connectivity index (χ4v) is 4.15. The summed E-state index contributed by atoms with van der Waals surface area (Å²) >= 11 is 0. The number of halogens is 1. The lowest BCUT2D eigenvalue weighted by Gasteiger charge is -2.32. The molecule has 0 aliphatic carbocycles. The first kappa shape index (κ1) is 19.6. The van der Waals surface area contributed by atoms with Crippen LogP contribution in [0.25, 0.3) is 0 Å². The fraction of sp³-hybridized carbons (Fsp3) is 0.391. The minimum Gasteiger partial charge on any atom is -0.353 e. The molecule has 2 heterocycles. The molecule has 2 aromatic rings. The van der Waals surface area contributed by atoms with Gasteiger partial charge in [-0.1, -0.05) is 30.3 Å². The Labute approximate surface area is 170 Å². The molecule has 2 saturated heterocycles. The third-order valence-electron chi connectivity index (χ3n) is 5.82. The van der Waals surface area contributed by atoms with Gasteiger partial charge in [-0.3, -0.25) is 14.5 Å². The van der Waals surface area contributed by atoms with Gasteiger partial charge in [0.2, 0.25) is 11.8 Å². The first-order chi connectivity index (χ1) is 14.1. The molecule has 152 valence electrons. The number of nitrogens with one attached hydrogen (secondary N) is 1. The molecule has 2 amide bonds. The van der Waals surface area contributed by atoms with Crippen molar-refractivity contribution in [2.75, 3.05) is 24.5 Å². The summed E-state index contributed by atoms with van der Waals surface area (Å²) in [6, 6.07) is 16.4. The first-order valence-corrected chi connectivity index (χ1v) is 10.2. The highest BCUT2D eigenvalue weighted by molar-refractivity contribution is 6.00. The van der Waals surface area contributed by atoms with Crippen molar-refractivity contribution in [1.82, 2.24) is 10.2 Å². The molecule has 0 saturated carbocycles. The summed E-state index contributed by atoms with van der Waals surface area (Å²) in [6.45, 7) is 3.19. The highest BCUT2D eigenvalue weighted by Crippen LogP contribution is 2.26. The van der Waals surface area contributed by atoms with Crippen molar-refractivity contribution in [1.29, 1.82) is 0 Å². The summed E-state index contributed by atoms with van der Waals surface area (Å²) in [4.78, 5) is 29.0. The van der Waals surface area contributed by atoms with E-state index in [-0.39, 0.29) is 36.0 Å². The molecule has 2 aliphatic rings. The van der Waals surface area contributed by atoms with E-state index >= 15 is 0 Å². The van der Waals surface area contributed by atoms with Gasteiger partial charge in [0.15, 0.2) is 0 Å². The average Bonchev–Trinajstić information content (AvgIpc) is 3.13. The summed E-state index contributed by atoms with van der Waals surface area (Å²) in [5.41, 5.74) is 1.95. The van der Waals surface area contributed by atoms with E-state index in [0.717, 1.165) is 32.5 Å². The third kappa shape index (κ3) is 4.82. The molecule has 1 N–H and O–H groups in total. The van der Waals surface area contributed by atoms with Gasteiger partial charge in [-0.15, -0.1) is 0 Å². The lowest BCUT2D eigenvalue weighted by Crippen LogP contribution is -2.46. The number of carbonyl (C=O) groups is 2. The molecule has 0 aromatic heterocycles. The van der Waals surface area contributed by atoms with Crippen molar-refractivity contribution in [3.8, 4) is 0 Å². The molecule has 2 aromatic carbocycles. The standard InChI is InChI=1S/C23H26FN3O2/c24-19-6-8-21(9-7-19)27-16-18(14-22(27)28)23(29)25-20-10-12-26(13-11-20)15-17-4-2-1-3-5-17/h1-9,18,20H,10-16H2,(H,25,29). The topological polar surface area (TPSA) is 52.7 Å². The number of hydrogen-bond donors (Lipinski definition) is 1. The van der Waals surface area contributed by atoms with Gasteiger partial charge in [0.25, 0.3) is 0 Å². The number of piperidine rings is 1. The zero-order valence-electron chi connectivity index (χ0n) is 16.4. The number of carbonyl (C=O) groups excluding carboxylic acids is 2. The number of anilines is 1. The number of amides is 2. The van der Waals surface area contributed by atoms with Crippen LogP contribution < -0.4 is 10.2 Å². The number of rotatable bonds is 5. The normalized spacial score (nSPS) is 20.8. The first-order valence-electron chi connectivity index (χ1n) is 10.2. The number of benzene rings is 2. The second-order valence-electron chi connectivity index (χ2n) is 7.93. The Bertz CT molecular complexity index is 848. The van der Waals surface area contributed by atoms with Crippen LogP contribution in [-0.4, -0.2) is 42.4 Å². The van der Waals surface area contributed by atoms with Crippen LogP contribution in [0.4, 0.5) is 10.1 Å². The Hall–Kier alpha value is -2.73. The van der Waals surface area contributed by atoms with Crippen LogP contribution in [0.1, 0.15) is 24.8 Å². The van der Waals surface area contributed by atoms with Crippen LogP contribution in [-0.2, 0) is 16.1 Å². The monoisotopic (exact) mass is 395 g/mol. The van der Waals surface area contributed by atoms with E-state index in [1.807, 2.05) is 6.07 Å². The van der Waals surface area contributed by atoms with Crippen LogP contribution in [0.15, 0.2) is 54.6 Å². The van der Waals surface area contributed by atoms with Crippen molar-refractivity contribution >= 4 is 17.5 Å². The van der Waals surface area contributed by atoms with E-state index in [4.69, 9.17) is 0 Å². The van der Waals surface area contributed by atoms with Gasteiger partial charge in [0.1, 0.15) is 5.82 Å². The second-order valence-corrected chi connectivity index (χ2v) is 7.93. The minimum absolute atomic E-state index is 0.0514. The molecular weight excluding hydrogens is 369 g/mol. The Balaban J connectivity index is 1.26. The summed E-state index contributed by atoms with van der Waals surface area (Å²) in [7, 11) is 0. The lowest BCUT2D eigenvalue weighted by atomic mass is 10.0. The maximum absolute atomic E-state index is 13.1. The van der Waals surface area contributed by atoms with Crippen LogP contribution in [0, 0.1) is 11.7 Å². The molecule has 4 rings (SSSR count). The van der Waals surface area contributed by atoms with E-state index in [9.17, 15) is 14.0 Å². The SMILES string of the molecule is O=C(NC1CCN(Cc2ccccc2)CC1)C1CC(=O)N(c2ccc(F)cc2)C1. The molecule has 2 aliphatic heterocycles. The van der Waals surface area contributed by atoms with Crippen molar-refractivity contribution in [3.05, 3.63) is 66.0 Å². The quantitative estimate of drug-likeness (QED) is 0.847. The number of nitrogens with zero attached hydrogens (tertiary/aromatic N) is 2. The van der Waals surface area contributed by atoms with Gasteiger partial charge in [-0.05, 0) is 42.7 Å². The van der Waals surface area contributed by atoms with E-state index in [2.05, 4.69) is 34.5 Å². The van der Waals surface area contributed by atoms with Gasteiger partial charge in [-0.2, -0.15) is 0 Å². The smallest absolute Gasteiger partial charge is 0.227 e. The van der Waals surface area contributed by atoms with E-state index < -0.39 is 0 Å². The average molecular weight is 395 g/mol. The van der Waals surface area contributed by atoms with Crippen LogP contribution in [0.3, 0.4) is 0 Å². The van der Waals surface area contributed by atoms with Crippen LogP contribution in [0.2, 0.25) is 0 Å². The summed E-state index contributed by atoms with van der Waals surface area (Å²) in [5, 5.41) is 3.14. The lowest BCUT2D eigenvalue weighted by molar-refractivity contribution is -0.127. The minimum atomic E-state index is -0.352. The zero-order valence-corrected chi connectivity index (χ0v) is 16.4. The maximum atomic E-state index is 13.1. The van der Waals surface area contributed by atoms with Gasteiger partial charge in [0.05, 0.1) is 5.92 Å². The summed E-state index contributed by atoms with van der Waals surface area (Å²) in [5.74, 6) is -0.831. The highest BCUT2D eigenvalue weighted by atomic mass is 19.1. The molecular formula is C23H26FN3O2. The maximum Gasteiger partial charge on any atom is 0.227 e. The van der Waals surface area contributed by atoms with Gasteiger partial charge in [0, 0.05) is 44.3 Å². The molecule has 5 nitrogen and oxygen atoms in total. The van der Waals surface area contributed by atoms with Gasteiger partial charge < -0.3 is 10.2 Å². The fourth-order valence-electron chi connectivity index (χ4n) is 4.15. The number of likely N-dealkylation sites (tertiary alicyclic amines) is 1. The molecule has 6 heteroatoms. The van der Waals surface area contributed by atoms with Crippen LogP contribution in [0.5, 0.6) is 0 Å². The summed E-state index contributed by atoms with van der Waals surface area (Å²) < 4.78 is 13.1. The van der Waals surface area contributed by atoms with Crippen LogP contribution >= 0.6 is 0 Å². The van der Waals surface area contributed by atoms with Crippen molar-refractivity contribution in [3.63, 3.8) is 0 Å². The van der Waals surface area contributed by atoms with Crippen molar-refractivity contribution < 1.29 is 14.0 Å². The molecule has 1 atom stereocenters. The van der Waals surface area contributed by atoms with Crippen molar-refractivity contribution in [2.24, 2.45) is 5.92 Å². The molecule has 0 spiro atoms. The second kappa shape index (κ2) is 8.74. The molecule has 0 radical (unpaired) electrons. The van der Waals surface area contributed by atoms with E-state index in [1.54, 1.807) is 17.0 Å². The number of hydrogen-bond acceptors (Lipinski definition) is 3. The third-order valence-corrected chi connectivity index (χ3v) is 5.82. The van der Waals surface area contributed by atoms with E-state index in [0.29, 0.717) is 12.2 Å². The Morgan fingerprint density at radius 2 is 1.72 bits per heavy atom. The van der Waals surface area contributed by atoms with E-state index in [1.165, 1.54) is 17.7 Å².